The van der Waals surface area contributed by atoms with E-state index >= 15 is 0 Å². The highest BCUT2D eigenvalue weighted by atomic mass is 16.6. The maximum absolute atomic E-state index is 6.28. The maximum Gasteiger partial charge on any atom is 0.161 e. The molecule has 98 valence electrons. The second-order valence-electron chi connectivity index (χ2n) is 4.68. The van der Waals surface area contributed by atoms with Crippen LogP contribution in [0.1, 0.15) is 22.7 Å². The van der Waals surface area contributed by atoms with E-state index in [-0.39, 0.29) is 6.04 Å². The Morgan fingerprint density at radius 1 is 1.05 bits per heavy atom. The molecule has 4 nitrogen and oxygen atoms in total. The smallest absolute Gasteiger partial charge is 0.161 e. The number of aryl methyl sites for hydroxylation is 1. The van der Waals surface area contributed by atoms with E-state index in [1.54, 1.807) is 6.20 Å². The molecule has 1 aliphatic rings. The number of rotatable bonds is 2. The summed E-state index contributed by atoms with van der Waals surface area (Å²) < 4.78 is 11.1. The predicted octanol–water partition coefficient (Wildman–Crippen LogP) is 2.21. The van der Waals surface area contributed by atoms with Gasteiger partial charge in [-0.05, 0) is 35.7 Å². The van der Waals surface area contributed by atoms with Gasteiger partial charge in [0.1, 0.15) is 13.2 Å². The van der Waals surface area contributed by atoms with Crippen molar-refractivity contribution >= 4 is 0 Å². The fourth-order valence-corrected chi connectivity index (χ4v) is 2.19. The van der Waals surface area contributed by atoms with Crippen LogP contribution >= 0.6 is 0 Å². The molecule has 3 rings (SSSR count). The van der Waals surface area contributed by atoms with Crippen molar-refractivity contribution in [2.45, 2.75) is 13.0 Å². The Bertz CT molecular complexity index is 598. The van der Waals surface area contributed by atoms with Crippen LogP contribution in [-0.4, -0.2) is 18.2 Å². The molecule has 0 fully saturated rings. The SMILES string of the molecule is Cc1cncc(C(N)c2ccc3c(c2)OCCO3)c1. The lowest BCUT2D eigenvalue weighted by Gasteiger charge is -2.20. The molecule has 2 aromatic rings. The third-order valence-electron chi connectivity index (χ3n) is 3.18. The summed E-state index contributed by atoms with van der Waals surface area (Å²) in [5.74, 6) is 1.55. The van der Waals surface area contributed by atoms with Crippen molar-refractivity contribution in [3.8, 4) is 11.5 Å². The van der Waals surface area contributed by atoms with Crippen LogP contribution in [0.5, 0.6) is 11.5 Å². The molecule has 1 aromatic heterocycles. The molecule has 0 amide bonds. The Morgan fingerprint density at radius 3 is 2.63 bits per heavy atom. The van der Waals surface area contributed by atoms with Crippen molar-refractivity contribution in [3.05, 3.63) is 53.3 Å². The van der Waals surface area contributed by atoms with Crippen LogP contribution < -0.4 is 15.2 Å². The van der Waals surface area contributed by atoms with Gasteiger partial charge in [0.25, 0.3) is 0 Å². The molecule has 0 bridgehead atoms. The van der Waals surface area contributed by atoms with Gasteiger partial charge in [0.2, 0.25) is 0 Å². The van der Waals surface area contributed by atoms with Crippen molar-refractivity contribution in [2.24, 2.45) is 5.73 Å². The molecule has 2 heterocycles. The van der Waals surface area contributed by atoms with Crippen LogP contribution in [0, 0.1) is 6.92 Å². The van der Waals surface area contributed by atoms with Gasteiger partial charge < -0.3 is 15.2 Å². The van der Waals surface area contributed by atoms with Crippen molar-refractivity contribution in [2.75, 3.05) is 13.2 Å². The van der Waals surface area contributed by atoms with E-state index in [4.69, 9.17) is 15.2 Å². The van der Waals surface area contributed by atoms with Gasteiger partial charge in [-0.25, -0.2) is 0 Å². The van der Waals surface area contributed by atoms with Crippen molar-refractivity contribution in [1.29, 1.82) is 0 Å². The lowest BCUT2D eigenvalue weighted by molar-refractivity contribution is 0.171. The standard InChI is InChI=1S/C15H16N2O2/c1-10-6-12(9-17-8-10)15(16)11-2-3-13-14(7-11)19-5-4-18-13/h2-3,6-9,15H,4-5,16H2,1H3. The summed E-state index contributed by atoms with van der Waals surface area (Å²) in [7, 11) is 0. The Hall–Kier alpha value is -2.07. The second kappa shape index (κ2) is 4.90. The molecule has 1 atom stereocenters. The molecule has 1 aliphatic heterocycles. The first-order chi connectivity index (χ1) is 9.24. The summed E-state index contributed by atoms with van der Waals surface area (Å²) in [6.07, 6.45) is 3.62. The predicted molar refractivity (Wildman–Crippen MR) is 72.4 cm³/mol. The van der Waals surface area contributed by atoms with E-state index < -0.39 is 0 Å². The highest BCUT2D eigenvalue weighted by Crippen LogP contribution is 2.33. The molecule has 0 saturated carbocycles. The van der Waals surface area contributed by atoms with E-state index in [2.05, 4.69) is 11.1 Å². The van der Waals surface area contributed by atoms with Gasteiger partial charge in [0.15, 0.2) is 11.5 Å². The zero-order chi connectivity index (χ0) is 13.2. The summed E-state index contributed by atoms with van der Waals surface area (Å²) >= 11 is 0. The zero-order valence-corrected chi connectivity index (χ0v) is 10.8. The molecule has 1 unspecified atom stereocenters. The van der Waals surface area contributed by atoms with Crippen LogP contribution in [0.2, 0.25) is 0 Å². The minimum Gasteiger partial charge on any atom is -0.486 e. The number of aromatic nitrogens is 1. The highest BCUT2D eigenvalue weighted by Gasteiger charge is 2.16. The van der Waals surface area contributed by atoms with Crippen molar-refractivity contribution in [1.82, 2.24) is 4.98 Å². The van der Waals surface area contributed by atoms with Crippen molar-refractivity contribution < 1.29 is 9.47 Å². The number of ether oxygens (including phenoxy) is 2. The monoisotopic (exact) mass is 256 g/mol. The van der Waals surface area contributed by atoms with Gasteiger partial charge in [0.05, 0.1) is 6.04 Å². The molecule has 4 heteroatoms. The zero-order valence-electron chi connectivity index (χ0n) is 10.8. The Kier molecular flexibility index (Phi) is 3.09. The second-order valence-corrected chi connectivity index (χ2v) is 4.68. The van der Waals surface area contributed by atoms with Gasteiger partial charge in [-0.15, -0.1) is 0 Å². The van der Waals surface area contributed by atoms with Crippen LogP contribution in [0.3, 0.4) is 0 Å². The number of pyridine rings is 1. The van der Waals surface area contributed by atoms with E-state index in [1.807, 2.05) is 31.3 Å². The molecule has 0 saturated heterocycles. The number of hydrogen-bond acceptors (Lipinski definition) is 4. The topological polar surface area (TPSA) is 57.4 Å². The Morgan fingerprint density at radius 2 is 1.84 bits per heavy atom. The van der Waals surface area contributed by atoms with Crippen LogP contribution in [0.4, 0.5) is 0 Å². The summed E-state index contributed by atoms with van der Waals surface area (Å²) in [6.45, 7) is 3.19. The molecular weight excluding hydrogens is 240 g/mol. The molecule has 1 aromatic carbocycles. The maximum atomic E-state index is 6.28. The summed E-state index contributed by atoms with van der Waals surface area (Å²) in [5.41, 5.74) is 9.38. The first kappa shape index (κ1) is 12.0. The fourth-order valence-electron chi connectivity index (χ4n) is 2.19. The number of fused-ring (bicyclic) bond motifs is 1. The van der Waals surface area contributed by atoms with Crippen LogP contribution in [0.25, 0.3) is 0 Å². The molecule has 2 N–H and O–H groups in total. The number of nitrogens with zero attached hydrogens (tertiary/aromatic N) is 1. The lowest BCUT2D eigenvalue weighted by atomic mass is 9.99. The number of hydrogen-bond donors (Lipinski definition) is 1. The first-order valence-electron chi connectivity index (χ1n) is 6.31. The molecule has 0 aliphatic carbocycles. The number of nitrogens with two attached hydrogens (primary N) is 1. The van der Waals surface area contributed by atoms with E-state index in [9.17, 15) is 0 Å². The van der Waals surface area contributed by atoms with Gasteiger partial charge in [-0.1, -0.05) is 12.1 Å². The lowest BCUT2D eigenvalue weighted by Crippen LogP contribution is -2.17. The van der Waals surface area contributed by atoms with E-state index in [0.717, 1.165) is 28.2 Å². The molecule has 19 heavy (non-hydrogen) atoms. The van der Waals surface area contributed by atoms with Crippen LogP contribution in [0.15, 0.2) is 36.7 Å². The minimum atomic E-state index is -0.205. The third kappa shape index (κ3) is 2.39. The third-order valence-corrected chi connectivity index (χ3v) is 3.18. The van der Waals surface area contributed by atoms with Gasteiger partial charge in [-0.2, -0.15) is 0 Å². The van der Waals surface area contributed by atoms with Gasteiger partial charge in [-0.3, -0.25) is 4.98 Å². The van der Waals surface area contributed by atoms with E-state index in [1.165, 1.54) is 0 Å². The Balaban J connectivity index is 1.93. The summed E-state index contributed by atoms with van der Waals surface area (Å²) in [5, 5.41) is 0. The Labute approximate surface area is 112 Å². The summed E-state index contributed by atoms with van der Waals surface area (Å²) in [4.78, 5) is 4.18. The largest absolute Gasteiger partial charge is 0.486 e. The van der Waals surface area contributed by atoms with Crippen molar-refractivity contribution in [3.63, 3.8) is 0 Å². The normalized spacial score (nSPS) is 15.1. The van der Waals surface area contributed by atoms with Crippen LogP contribution in [-0.2, 0) is 0 Å². The molecule has 0 spiro atoms. The first-order valence-corrected chi connectivity index (χ1v) is 6.31. The average Bonchev–Trinajstić information content (AvgIpc) is 2.46. The average molecular weight is 256 g/mol. The molecular formula is C15H16N2O2. The quantitative estimate of drug-likeness (QED) is 0.895. The highest BCUT2D eigenvalue weighted by molar-refractivity contribution is 5.46. The summed E-state index contributed by atoms with van der Waals surface area (Å²) in [6, 6.07) is 7.67. The van der Waals surface area contributed by atoms with Gasteiger partial charge >= 0.3 is 0 Å². The minimum absolute atomic E-state index is 0.205. The van der Waals surface area contributed by atoms with E-state index in [0.29, 0.717) is 13.2 Å². The van der Waals surface area contributed by atoms with Gasteiger partial charge in [0, 0.05) is 12.4 Å². The fraction of sp³-hybridized carbons (Fsp3) is 0.267. The number of benzene rings is 1. The molecule has 0 radical (unpaired) electrons.